The molecule has 13 nitrogen and oxygen atoms in total. The Kier molecular flexibility index (Phi) is 13.1. The van der Waals surface area contributed by atoms with Crippen LogP contribution in [0.15, 0.2) is 52.7 Å². The van der Waals surface area contributed by atoms with Gasteiger partial charge in [0.1, 0.15) is 40.1 Å². The number of amides is 2. The van der Waals surface area contributed by atoms with Crippen molar-refractivity contribution < 1.29 is 14.3 Å². The van der Waals surface area contributed by atoms with E-state index >= 15 is 0 Å². The summed E-state index contributed by atoms with van der Waals surface area (Å²) in [5, 5.41) is 1.62. The molecule has 2 aromatic heterocycles. The second kappa shape index (κ2) is 18.3. The molecule has 0 radical (unpaired) electrons. The predicted molar refractivity (Wildman–Crippen MR) is 236 cm³/mol. The molecule has 2 amide bonds. The van der Waals surface area contributed by atoms with Crippen LogP contribution in [0.3, 0.4) is 0 Å². The van der Waals surface area contributed by atoms with Crippen molar-refractivity contribution in [1.82, 2.24) is 34.6 Å². The Labute approximate surface area is 358 Å². The maximum Gasteiger partial charge on any atom is 0.416 e. The molecule has 0 unspecified atom stereocenters. The summed E-state index contributed by atoms with van der Waals surface area (Å²) in [5.41, 5.74) is 6.22. The molecule has 1 saturated carbocycles. The van der Waals surface area contributed by atoms with E-state index in [1.165, 1.54) is 32.1 Å². The average molecular weight is 848 g/mol. The van der Waals surface area contributed by atoms with Crippen LogP contribution in [-0.2, 0) is 9.53 Å². The molecule has 3 aromatic rings. The number of hydrogen-bond donors (Lipinski definition) is 2. The molecule has 1 aliphatic carbocycles. The third kappa shape index (κ3) is 10.0. The van der Waals surface area contributed by atoms with Crippen LogP contribution in [0, 0.1) is 11.8 Å². The normalized spacial score (nSPS) is 22.9. The summed E-state index contributed by atoms with van der Waals surface area (Å²) in [6, 6.07) is 9.67. The predicted octanol–water partition coefficient (Wildman–Crippen LogP) is 6.87. The first kappa shape index (κ1) is 42.3. The molecule has 1 aromatic carbocycles. The highest BCUT2D eigenvalue weighted by molar-refractivity contribution is 8.00. The number of fused-ring (bicyclic) bond motifs is 1. The fourth-order valence-corrected chi connectivity index (χ4v) is 10.9. The number of hydrogen-bond acceptors (Lipinski definition) is 11. The van der Waals surface area contributed by atoms with Crippen molar-refractivity contribution in [3.63, 3.8) is 0 Å². The van der Waals surface area contributed by atoms with Crippen molar-refractivity contribution in [3.05, 3.63) is 47.9 Å². The zero-order chi connectivity index (χ0) is 41.1. The molecular weight excluding hydrogens is 784 g/mol. The molecule has 4 saturated heterocycles. The van der Waals surface area contributed by atoms with Gasteiger partial charge < -0.3 is 30.2 Å². The second-order valence-corrected chi connectivity index (χ2v) is 20.1. The zero-order valence-corrected chi connectivity index (χ0v) is 36.7. The number of aromatic amines is 1. The lowest BCUT2D eigenvalue weighted by atomic mass is 9.83. The fraction of sp³-hybridized carbons (Fsp3) is 0.659. The Balaban J connectivity index is 0.883. The monoisotopic (exact) mass is 846 g/mol. The molecule has 0 bridgehead atoms. The number of aromatic nitrogens is 3. The third-order valence-electron chi connectivity index (χ3n) is 13.2. The zero-order valence-electron chi connectivity index (χ0n) is 35.2. The van der Waals surface area contributed by atoms with Gasteiger partial charge in [0, 0.05) is 68.5 Å². The number of rotatable bonds is 11. The number of nitrogens with zero attached hydrogens (tertiary/aromatic N) is 8. The number of piperidine rings is 2. The highest BCUT2D eigenvalue weighted by Crippen LogP contribution is 2.48. The number of likely N-dealkylation sites (tertiary alicyclic amines) is 1. The van der Waals surface area contributed by atoms with Crippen molar-refractivity contribution in [2.75, 3.05) is 70.3 Å². The Bertz CT molecular complexity index is 1920. The van der Waals surface area contributed by atoms with Crippen molar-refractivity contribution in [3.8, 4) is 0 Å². The number of nitrogens with two attached hydrogens (primary N) is 1. The molecule has 15 heteroatoms. The van der Waals surface area contributed by atoms with Gasteiger partial charge in [-0.1, -0.05) is 42.6 Å². The van der Waals surface area contributed by atoms with Gasteiger partial charge in [-0.3, -0.25) is 14.7 Å². The van der Waals surface area contributed by atoms with Gasteiger partial charge in [-0.05, 0) is 121 Å². The van der Waals surface area contributed by atoms with Gasteiger partial charge in [0.05, 0.1) is 11.4 Å². The van der Waals surface area contributed by atoms with Crippen LogP contribution in [0.4, 0.5) is 10.6 Å². The fourth-order valence-electron chi connectivity index (χ4n) is 9.76. The van der Waals surface area contributed by atoms with Gasteiger partial charge in [-0.25, -0.2) is 19.7 Å². The number of halogens is 1. The Morgan fingerprint density at radius 1 is 0.949 bits per heavy atom. The topological polar surface area (TPSA) is 139 Å². The number of H-pyrrole nitrogens is 1. The second-order valence-electron chi connectivity index (χ2n) is 18.4. The van der Waals surface area contributed by atoms with Crippen LogP contribution in [0.25, 0.3) is 11.0 Å². The maximum atomic E-state index is 13.8. The van der Waals surface area contributed by atoms with Crippen LogP contribution in [-0.4, -0.2) is 140 Å². The minimum atomic E-state index is -0.618. The van der Waals surface area contributed by atoms with Crippen LogP contribution < -0.4 is 10.6 Å². The smallest absolute Gasteiger partial charge is 0.416 e. The van der Waals surface area contributed by atoms with Gasteiger partial charge in [0.2, 0.25) is 5.91 Å². The lowest BCUT2D eigenvalue weighted by molar-refractivity contribution is -0.136. The maximum absolute atomic E-state index is 13.8. The highest BCUT2D eigenvalue weighted by Gasteiger charge is 2.65. The number of carbonyl (C=O) groups excluding carboxylic acids is 2. The number of aliphatic imine (C=N–C) groups is 1. The van der Waals surface area contributed by atoms with Gasteiger partial charge in [-0.2, -0.15) is 0 Å². The number of carbonyl (C=O) groups is 2. The van der Waals surface area contributed by atoms with Crippen molar-refractivity contribution in [2.45, 2.75) is 112 Å². The number of ether oxygens (including phenoxy) is 1. The molecule has 5 aliphatic rings. The summed E-state index contributed by atoms with van der Waals surface area (Å²) >= 11 is 8.02. The summed E-state index contributed by atoms with van der Waals surface area (Å²) in [5.74, 6) is 2.93. The molecular formula is C44H63ClN10O3S. The largest absolute Gasteiger partial charge is 0.443 e. The van der Waals surface area contributed by atoms with Gasteiger partial charge in [0.25, 0.3) is 0 Å². The molecule has 5 fully saturated rings. The molecule has 59 heavy (non-hydrogen) atoms. The van der Waals surface area contributed by atoms with E-state index in [9.17, 15) is 9.59 Å². The highest BCUT2D eigenvalue weighted by atomic mass is 35.5. The van der Waals surface area contributed by atoms with Gasteiger partial charge in [0.15, 0.2) is 0 Å². The minimum absolute atomic E-state index is 0.0853. The minimum Gasteiger partial charge on any atom is -0.443 e. The number of benzene rings is 1. The third-order valence-corrected chi connectivity index (χ3v) is 14.6. The lowest BCUT2D eigenvalue weighted by Crippen LogP contribution is -2.55. The number of piperazine rings is 1. The molecule has 2 atom stereocenters. The van der Waals surface area contributed by atoms with Crippen molar-refractivity contribution in [2.24, 2.45) is 22.6 Å². The average Bonchev–Trinajstić information content (AvgIpc) is 3.54. The number of amidine groups is 1. The van der Waals surface area contributed by atoms with E-state index in [2.05, 4.69) is 41.8 Å². The van der Waals surface area contributed by atoms with E-state index in [4.69, 9.17) is 27.1 Å². The summed E-state index contributed by atoms with van der Waals surface area (Å²) in [7, 11) is 0. The standard InChI is InChI=1S/C44H63ClN10O3S/c1-43(2,3)58-42(57)55-41(44(55)17-23-53(24-18-44)39-35-13-19-47-38(35)48-30-49-39)50-36(59-34-11-9-33(45)10-12-34)16-22-51-20-14-31(15-21-51)29-52-25-27-54(28-26-52)40(56)37(46)32-7-5-4-6-8-32/h9-13,19,30-32,36-37H,4-8,14-18,20-29,46H2,1-3H3,(H,47,48,49)/b50-41-/t36-,37-,55?/m1/s1. The van der Waals surface area contributed by atoms with Crippen LogP contribution in [0.2, 0.25) is 5.02 Å². The Hall–Kier alpha value is -3.43. The number of anilines is 1. The van der Waals surface area contributed by atoms with Crippen molar-refractivity contribution in [1.29, 1.82) is 0 Å². The lowest BCUT2D eigenvalue weighted by Gasteiger charge is -2.40. The molecule has 3 N–H and O–H groups in total. The quantitative estimate of drug-likeness (QED) is 0.155. The summed E-state index contributed by atoms with van der Waals surface area (Å²) in [4.78, 5) is 57.1. The Morgan fingerprint density at radius 3 is 2.36 bits per heavy atom. The Morgan fingerprint density at radius 2 is 1.66 bits per heavy atom. The first-order valence-corrected chi connectivity index (χ1v) is 23.3. The molecule has 8 rings (SSSR count). The molecule has 4 aliphatic heterocycles. The van der Waals surface area contributed by atoms with E-state index in [-0.39, 0.29) is 23.4 Å². The summed E-state index contributed by atoms with van der Waals surface area (Å²) in [6.45, 7) is 14.8. The van der Waals surface area contributed by atoms with E-state index in [1.807, 2.05) is 55.0 Å². The van der Waals surface area contributed by atoms with Crippen LogP contribution in [0.1, 0.15) is 85.0 Å². The summed E-state index contributed by atoms with van der Waals surface area (Å²) in [6.07, 6.45) is 13.7. The SMILES string of the molecule is CC(C)(C)OC(=O)N1/C(=N\[C@@H](CCN2CCC(CN3CCN(C(=O)[C@H](N)C4CCCCC4)CC3)CC2)Sc2ccc(Cl)cc2)C12CCN(c1ncnc3[nH]ccc13)CC2. The van der Waals surface area contributed by atoms with E-state index in [1.54, 1.807) is 18.1 Å². The first-order valence-electron chi connectivity index (χ1n) is 22.0. The van der Waals surface area contributed by atoms with Crippen molar-refractivity contribution >= 4 is 58.1 Å². The summed E-state index contributed by atoms with van der Waals surface area (Å²) < 4.78 is 5.97. The van der Waals surface area contributed by atoms with Crippen LogP contribution in [0.5, 0.6) is 0 Å². The van der Waals surface area contributed by atoms with Gasteiger partial charge in [-0.15, -0.1) is 0 Å². The van der Waals surface area contributed by atoms with E-state index < -0.39 is 11.1 Å². The molecule has 6 heterocycles. The van der Waals surface area contributed by atoms with E-state index in [0.29, 0.717) is 16.9 Å². The number of nitrogens with one attached hydrogen (secondary N) is 1. The molecule has 1 spiro atoms. The molecule has 320 valence electrons. The van der Waals surface area contributed by atoms with E-state index in [0.717, 1.165) is 125 Å². The number of thioether (sulfide) groups is 1. The first-order chi connectivity index (χ1) is 28.5. The van der Waals surface area contributed by atoms with Crippen LogP contribution >= 0.6 is 23.4 Å². The van der Waals surface area contributed by atoms with Gasteiger partial charge >= 0.3 is 6.09 Å².